The van der Waals surface area contributed by atoms with E-state index < -0.39 is 11.2 Å². The fourth-order valence-corrected chi connectivity index (χ4v) is 13.2. The Morgan fingerprint density at radius 1 is 0.484 bits per heavy atom. The van der Waals surface area contributed by atoms with Gasteiger partial charge in [-0.1, -0.05) is 183 Å². The van der Waals surface area contributed by atoms with Gasteiger partial charge in [-0.15, -0.1) is 0 Å². The second-order valence-electron chi connectivity index (χ2n) is 26.6. The van der Waals surface area contributed by atoms with Crippen molar-refractivity contribution in [2.75, 3.05) is 133 Å². The van der Waals surface area contributed by atoms with Gasteiger partial charge in [0.1, 0.15) is 5.60 Å². The lowest BCUT2D eigenvalue weighted by Gasteiger charge is -2.37. The molecular weight excluding hydrogens is 1180 g/mol. The molecular formula is C80H105N9O6. The largest absolute Gasteiger partial charge is 0.388 e. The average molecular weight is 1290 g/mol. The van der Waals surface area contributed by atoms with Gasteiger partial charge >= 0.3 is 0 Å². The molecule has 3 aliphatic heterocycles. The Balaban J connectivity index is 0.000000171. The Kier molecular flexibility index (Phi) is 26.9. The molecule has 3 amide bonds. The van der Waals surface area contributed by atoms with Crippen molar-refractivity contribution in [3.8, 4) is 0 Å². The van der Waals surface area contributed by atoms with Crippen LogP contribution in [0.5, 0.6) is 0 Å². The summed E-state index contributed by atoms with van der Waals surface area (Å²) in [7, 11) is 0. The van der Waals surface area contributed by atoms with Crippen LogP contribution in [0.25, 0.3) is 0 Å². The number of aliphatic hydroxyl groups excluding tert-OH is 1. The van der Waals surface area contributed by atoms with Crippen molar-refractivity contribution in [3.63, 3.8) is 0 Å². The number of rotatable bonds is 26. The number of anilines is 3. The molecule has 506 valence electrons. The Bertz CT molecular complexity index is 3360. The van der Waals surface area contributed by atoms with Crippen LogP contribution in [0.2, 0.25) is 0 Å². The van der Waals surface area contributed by atoms with Crippen LogP contribution in [-0.2, 0) is 26.4 Å². The minimum absolute atomic E-state index is 0.0584. The molecule has 0 bridgehead atoms. The van der Waals surface area contributed by atoms with Gasteiger partial charge in [0.25, 0.3) is 11.8 Å². The van der Waals surface area contributed by atoms with Gasteiger partial charge < -0.3 is 46.0 Å². The van der Waals surface area contributed by atoms with Crippen LogP contribution in [0, 0.1) is 19.8 Å². The predicted octanol–water partition coefficient (Wildman–Crippen LogP) is 10.5. The standard InChI is InChI=1S/C31H37N3O2.C30H37N3O2.C19H31N3O2/c35-30(26-16-17-26)27-14-7-8-15-28(27)34-22-20-33(21-23-34)19-9-18-32-31(36)29(24-10-3-1-4-11-24)25-12-5-2-6-13-25;1-2-12-25-13-9-10-18-28(25)33-23-21-32(22-24-33)20-11-19-31-29(34)30(35,26-14-5-3-6-15-26)27-16-7-4-8-17-27;1-15-6-7-16(2)17(14-15)22-12-10-21(11-13-22)9-5-8-20-18(23)19(3,4)24/h1-8,10-15,26,29-30,35H,9,16-23H2,(H,32,36);3-10,13-18,35H,2,11-12,19-24H2,1H3,(H,31,34);6-7,14,24H,5,8-13H2,1-4H3,(H,20,23). The van der Waals surface area contributed by atoms with Crippen molar-refractivity contribution in [3.05, 3.63) is 233 Å². The number of piperazine rings is 3. The van der Waals surface area contributed by atoms with Gasteiger partial charge in [-0.2, -0.15) is 0 Å². The summed E-state index contributed by atoms with van der Waals surface area (Å²) in [4.78, 5) is 52.8. The normalized spacial score (nSPS) is 16.0. The van der Waals surface area contributed by atoms with Gasteiger partial charge in [-0.25, -0.2) is 0 Å². The number of nitrogens with zero attached hydrogens (tertiary/aromatic N) is 6. The second kappa shape index (κ2) is 35.7. The van der Waals surface area contributed by atoms with Crippen LogP contribution in [0.3, 0.4) is 0 Å². The third kappa shape index (κ3) is 20.6. The minimum atomic E-state index is -1.71. The molecule has 7 aromatic carbocycles. The summed E-state index contributed by atoms with van der Waals surface area (Å²) in [5.41, 5.74) is 9.27. The molecule has 4 aliphatic rings. The van der Waals surface area contributed by atoms with Crippen molar-refractivity contribution < 1.29 is 29.7 Å². The van der Waals surface area contributed by atoms with Crippen molar-refractivity contribution in [2.45, 2.75) is 103 Å². The Hall–Kier alpha value is -7.89. The van der Waals surface area contributed by atoms with E-state index in [4.69, 9.17) is 0 Å². The first-order valence-corrected chi connectivity index (χ1v) is 34.9. The summed E-state index contributed by atoms with van der Waals surface area (Å²) in [5, 5.41) is 40.8. The van der Waals surface area contributed by atoms with Crippen molar-refractivity contribution in [1.29, 1.82) is 0 Å². The van der Waals surface area contributed by atoms with Gasteiger partial charge in [-0.3, -0.25) is 29.1 Å². The number of hydrogen-bond donors (Lipinski definition) is 6. The Morgan fingerprint density at radius 3 is 1.37 bits per heavy atom. The Labute approximate surface area is 566 Å². The highest BCUT2D eigenvalue weighted by atomic mass is 16.3. The molecule has 0 spiro atoms. The fourth-order valence-electron chi connectivity index (χ4n) is 13.2. The molecule has 1 saturated carbocycles. The second-order valence-corrected chi connectivity index (χ2v) is 26.6. The number of benzene rings is 7. The number of nitrogens with one attached hydrogen (secondary N) is 3. The predicted molar refractivity (Wildman–Crippen MR) is 386 cm³/mol. The molecule has 1 atom stereocenters. The molecule has 1 aliphatic carbocycles. The van der Waals surface area contributed by atoms with E-state index in [0.717, 1.165) is 160 Å². The summed E-state index contributed by atoms with van der Waals surface area (Å²) >= 11 is 0. The maximum Gasteiger partial charge on any atom is 0.261 e. The smallest absolute Gasteiger partial charge is 0.261 e. The maximum absolute atomic E-state index is 13.2. The van der Waals surface area contributed by atoms with Crippen molar-refractivity contribution in [1.82, 2.24) is 30.7 Å². The molecule has 11 rings (SSSR count). The zero-order valence-electron chi connectivity index (χ0n) is 57.1. The summed E-state index contributed by atoms with van der Waals surface area (Å²) in [6, 6.07) is 62.1. The maximum atomic E-state index is 13.2. The van der Waals surface area contributed by atoms with E-state index in [1.165, 1.54) is 47.6 Å². The molecule has 6 N–H and O–H groups in total. The fraction of sp³-hybridized carbons (Fsp3) is 0.438. The van der Waals surface area contributed by atoms with Crippen LogP contribution in [0.4, 0.5) is 17.1 Å². The number of carbonyl (C=O) groups excluding carboxylic acids is 3. The number of hydrogen-bond acceptors (Lipinski definition) is 12. The van der Waals surface area contributed by atoms with Gasteiger partial charge in [0.2, 0.25) is 5.91 Å². The summed E-state index contributed by atoms with van der Waals surface area (Å²) in [6.45, 7) is 26.4. The van der Waals surface area contributed by atoms with E-state index in [0.29, 0.717) is 36.7 Å². The summed E-state index contributed by atoms with van der Waals surface area (Å²) in [6.07, 6.45) is 6.90. The van der Waals surface area contributed by atoms with Gasteiger partial charge in [0.05, 0.1) is 12.0 Å². The number of carbonyl (C=O) groups is 3. The van der Waals surface area contributed by atoms with Gasteiger partial charge in [0, 0.05) is 121 Å². The van der Waals surface area contributed by atoms with E-state index in [9.17, 15) is 29.7 Å². The first kappa shape index (κ1) is 71.4. The number of aryl methyl sites for hydroxylation is 3. The molecule has 7 aromatic rings. The minimum Gasteiger partial charge on any atom is -0.388 e. The van der Waals surface area contributed by atoms with Crippen LogP contribution in [0.15, 0.2) is 188 Å². The molecule has 3 saturated heterocycles. The molecule has 15 nitrogen and oxygen atoms in total. The number of para-hydroxylation sites is 2. The molecule has 1 unspecified atom stereocenters. The zero-order chi connectivity index (χ0) is 67.0. The quantitative estimate of drug-likeness (QED) is 0.0285. The van der Waals surface area contributed by atoms with Crippen LogP contribution in [0.1, 0.15) is 116 Å². The lowest BCUT2D eigenvalue weighted by atomic mass is 9.85. The third-order valence-electron chi connectivity index (χ3n) is 19.0. The van der Waals surface area contributed by atoms with E-state index in [1.807, 2.05) is 103 Å². The van der Waals surface area contributed by atoms with Gasteiger partial charge in [0.15, 0.2) is 5.60 Å². The van der Waals surface area contributed by atoms with E-state index in [1.54, 1.807) is 24.3 Å². The van der Waals surface area contributed by atoms with Gasteiger partial charge in [-0.05, 0) is 149 Å². The average Bonchev–Trinajstić information content (AvgIpc) is 1.83. The van der Waals surface area contributed by atoms with Crippen molar-refractivity contribution in [2.24, 2.45) is 5.92 Å². The van der Waals surface area contributed by atoms with E-state index >= 15 is 0 Å². The molecule has 0 aromatic heterocycles. The summed E-state index contributed by atoms with van der Waals surface area (Å²) < 4.78 is 0. The first-order chi connectivity index (χ1) is 46.1. The first-order valence-electron chi connectivity index (χ1n) is 34.9. The molecule has 4 fully saturated rings. The van der Waals surface area contributed by atoms with E-state index in [2.05, 4.69) is 127 Å². The van der Waals surface area contributed by atoms with Crippen LogP contribution >= 0.6 is 0 Å². The lowest BCUT2D eigenvalue weighted by Crippen LogP contribution is -2.48. The highest BCUT2D eigenvalue weighted by Crippen LogP contribution is 2.44. The SMILES string of the molecule is CCCc1ccccc1N1CCN(CCCNC(=O)C(O)(c2ccccc2)c2ccccc2)CC1.Cc1ccc(C)c(N2CCN(CCCNC(=O)C(C)(C)O)CC2)c1.O=C(NCCCN1CCN(c2ccccc2C(O)C2CC2)CC1)C(c1ccccc1)c1ccccc1. The van der Waals surface area contributed by atoms with Crippen LogP contribution < -0.4 is 30.7 Å². The molecule has 15 heteroatoms. The topological polar surface area (TPSA) is 167 Å². The summed E-state index contributed by atoms with van der Waals surface area (Å²) in [5.74, 6) is -0.481. The molecule has 95 heavy (non-hydrogen) atoms. The van der Waals surface area contributed by atoms with Crippen molar-refractivity contribution >= 4 is 34.8 Å². The molecule has 3 heterocycles. The van der Waals surface area contributed by atoms with Crippen LogP contribution in [-0.4, -0.2) is 171 Å². The highest BCUT2D eigenvalue weighted by molar-refractivity contribution is 5.90. The zero-order valence-corrected chi connectivity index (χ0v) is 57.1. The third-order valence-corrected chi connectivity index (χ3v) is 19.0. The molecule has 0 radical (unpaired) electrons. The number of amides is 3. The monoisotopic (exact) mass is 1290 g/mol. The lowest BCUT2D eigenvalue weighted by molar-refractivity contribution is -0.137. The Morgan fingerprint density at radius 2 is 0.895 bits per heavy atom. The number of aliphatic hydroxyl groups is 3. The highest BCUT2D eigenvalue weighted by Gasteiger charge is 2.40. The van der Waals surface area contributed by atoms with E-state index in [-0.39, 0.29) is 29.7 Å².